The van der Waals surface area contributed by atoms with Crippen LogP contribution in [0.15, 0.2) is 48.5 Å². The van der Waals surface area contributed by atoms with Crippen LogP contribution in [0.2, 0.25) is 0 Å². The molecule has 3 rings (SSSR count). The number of likely N-dealkylation sites (N-methyl/N-ethyl adjacent to an activating group) is 1. The molecule has 2 aromatic rings. The maximum absolute atomic E-state index is 14.4. The molecule has 1 aliphatic heterocycles. The van der Waals surface area contributed by atoms with E-state index >= 15 is 0 Å². The third kappa shape index (κ3) is 7.91. The molecule has 3 N–H and O–H groups in total. The first-order chi connectivity index (χ1) is 17.1. The largest absolute Gasteiger partial charge is 0.444 e. The van der Waals surface area contributed by atoms with E-state index in [1.165, 1.54) is 12.1 Å². The molecule has 196 valence electrons. The average molecular weight is 503 g/mol. The standard InChI is InChI=1S/C27H36F2N4O3/c1-27(2,3)36-26(35)32-19(13-18-9-5-6-10-22(18)28)15-25(34)33-17-20(30-4)14-21(33)16-31-24-12-8-7-11-23(24)29/h5-12,19-21,30-31H,13-17H2,1-4H3,(H,32,35)/t19-,20+,21+/m1/s1. The van der Waals surface area contributed by atoms with Gasteiger partial charge in [-0.3, -0.25) is 4.79 Å². The van der Waals surface area contributed by atoms with Crippen LogP contribution >= 0.6 is 0 Å². The van der Waals surface area contributed by atoms with Crippen LogP contribution in [0.25, 0.3) is 0 Å². The summed E-state index contributed by atoms with van der Waals surface area (Å²) in [6.45, 7) is 6.11. The van der Waals surface area contributed by atoms with Gasteiger partial charge in [0.2, 0.25) is 5.91 Å². The monoisotopic (exact) mass is 502 g/mol. The molecule has 0 spiro atoms. The molecule has 1 aliphatic rings. The summed E-state index contributed by atoms with van der Waals surface area (Å²) in [5, 5.41) is 9.07. The number of alkyl carbamates (subject to hydrolysis) is 1. The van der Waals surface area contributed by atoms with Gasteiger partial charge in [0, 0.05) is 31.6 Å². The van der Waals surface area contributed by atoms with Gasteiger partial charge < -0.3 is 25.6 Å². The van der Waals surface area contributed by atoms with Crippen molar-refractivity contribution in [3.63, 3.8) is 0 Å². The summed E-state index contributed by atoms with van der Waals surface area (Å²) in [5.41, 5.74) is 0.0650. The van der Waals surface area contributed by atoms with Crippen molar-refractivity contribution in [2.45, 2.75) is 63.8 Å². The summed E-state index contributed by atoms with van der Waals surface area (Å²) in [4.78, 5) is 27.7. The molecule has 9 heteroatoms. The molecular formula is C27H36F2N4O3. The second-order valence-electron chi connectivity index (χ2n) is 10.1. The molecule has 0 radical (unpaired) electrons. The van der Waals surface area contributed by atoms with Crippen LogP contribution in [0, 0.1) is 11.6 Å². The van der Waals surface area contributed by atoms with Crippen molar-refractivity contribution < 1.29 is 23.1 Å². The molecule has 0 bridgehead atoms. The van der Waals surface area contributed by atoms with E-state index in [0.29, 0.717) is 30.8 Å². The van der Waals surface area contributed by atoms with Crippen molar-refractivity contribution in [2.75, 3.05) is 25.5 Å². The number of benzene rings is 2. The number of anilines is 1. The van der Waals surface area contributed by atoms with Crippen LogP contribution in [0.4, 0.5) is 19.3 Å². The van der Waals surface area contributed by atoms with E-state index in [9.17, 15) is 18.4 Å². The predicted molar refractivity (Wildman–Crippen MR) is 136 cm³/mol. The predicted octanol–water partition coefficient (Wildman–Crippen LogP) is 4.09. The fourth-order valence-corrected chi connectivity index (χ4v) is 4.36. The number of rotatable bonds is 9. The van der Waals surface area contributed by atoms with Gasteiger partial charge in [-0.2, -0.15) is 0 Å². The Balaban J connectivity index is 1.72. The minimum Gasteiger partial charge on any atom is -0.444 e. The first kappa shape index (κ1) is 27.4. The van der Waals surface area contributed by atoms with Crippen molar-refractivity contribution >= 4 is 17.7 Å². The van der Waals surface area contributed by atoms with E-state index in [1.54, 1.807) is 62.1 Å². The Bertz CT molecular complexity index is 1040. The number of nitrogens with zero attached hydrogens (tertiary/aromatic N) is 1. The van der Waals surface area contributed by atoms with Gasteiger partial charge in [0.1, 0.15) is 17.2 Å². The number of amides is 2. The second-order valence-corrected chi connectivity index (χ2v) is 10.1. The number of halogens is 2. The number of hydrogen-bond donors (Lipinski definition) is 3. The van der Waals surface area contributed by atoms with Gasteiger partial charge >= 0.3 is 6.09 Å². The number of nitrogens with one attached hydrogen (secondary N) is 3. The van der Waals surface area contributed by atoms with Crippen LogP contribution in [0.5, 0.6) is 0 Å². The molecule has 2 aromatic carbocycles. The van der Waals surface area contributed by atoms with Crippen molar-refractivity contribution in [1.82, 2.24) is 15.5 Å². The normalized spacial score (nSPS) is 18.6. The lowest BCUT2D eigenvalue weighted by Gasteiger charge is -2.28. The van der Waals surface area contributed by atoms with Gasteiger partial charge in [0.05, 0.1) is 11.7 Å². The van der Waals surface area contributed by atoms with E-state index < -0.39 is 23.6 Å². The molecule has 1 heterocycles. The zero-order chi connectivity index (χ0) is 26.3. The SMILES string of the molecule is CN[C@H]1C[C@@H](CNc2ccccc2F)N(C(=O)C[C@@H](Cc2ccccc2F)NC(=O)OC(C)(C)C)C1. The van der Waals surface area contributed by atoms with Gasteiger partial charge in [0.25, 0.3) is 0 Å². The number of carbonyl (C=O) groups is 2. The lowest BCUT2D eigenvalue weighted by molar-refractivity contribution is -0.132. The highest BCUT2D eigenvalue weighted by Crippen LogP contribution is 2.22. The third-order valence-electron chi connectivity index (χ3n) is 6.11. The van der Waals surface area contributed by atoms with Crippen molar-refractivity contribution in [3.05, 3.63) is 65.7 Å². The number of ether oxygens (including phenoxy) is 1. The molecule has 0 unspecified atom stereocenters. The fourth-order valence-electron chi connectivity index (χ4n) is 4.36. The van der Waals surface area contributed by atoms with E-state index in [-0.39, 0.29) is 36.6 Å². The van der Waals surface area contributed by atoms with Gasteiger partial charge in [-0.25, -0.2) is 13.6 Å². The van der Waals surface area contributed by atoms with Crippen LogP contribution in [0.3, 0.4) is 0 Å². The Morgan fingerprint density at radius 1 is 1.08 bits per heavy atom. The molecule has 1 fully saturated rings. The number of hydrogen-bond acceptors (Lipinski definition) is 5. The van der Waals surface area contributed by atoms with Gasteiger partial charge in [0.15, 0.2) is 0 Å². The van der Waals surface area contributed by atoms with Crippen LogP contribution in [0.1, 0.15) is 39.2 Å². The summed E-state index contributed by atoms with van der Waals surface area (Å²) >= 11 is 0. The van der Waals surface area contributed by atoms with Crippen LogP contribution < -0.4 is 16.0 Å². The zero-order valence-corrected chi connectivity index (χ0v) is 21.3. The van der Waals surface area contributed by atoms with Crippen molar-refractivity contribution in [1.29, 1.82) is 0 Å². The minimum absolute atomic E-state index is 0.0276. The van der Waals surface area contributed by atoms with E-state index in [2.05, 4.69) is 16.0 Å². The second kappa shape index (κ2) is 12.2. The Hall–Kier alpha value is -3.20. The first-order valence-electron chi connectivity index (χ1n) is 12.2. The number of carbonyl (C=O) groups excluding carboxylic acids is 2. The molecule has 0 aromatic heterocycles. The summed E-state index contributed by atoms with van der Waals surface area (Å²) in [6.07, 6.45) is 0.143. The quantitative estimate of drug-likeness (QED) is 0.481. The summed E-state index contributed by atoms with van der Waals surface area (Å²) in [5.74, 6) is -0.931. The maximum atomic E-state index is 14.4. The molecule has 2 amide bonds. The Morgan fingerprint density at radius 2 is 1.75 bits per heavy atom. The smallest absolute Gasteiger partial charge is 0.407 e. The Labute approximate surface area is 211 Å². The fraction of sp³-hybridized carbons (Fsp3) is 0.481. The van der Waals surface area contributed by atoms with Gasteiger partial charge in [-0.05, 0) is 64.4 Å². The van der Waals surface area contributed by atoms with Gasteiger partial charge in [-0.1, -0.05) is 30.3 Å². The Morgan fingerprint density at radius 3 is 2.39 bits per heavy atom. The molecule has 1 saturated heterocycles. The Kier molecular flexibility index (Phi) is 9.25. The highest BCUT2D eigenvalue weighted by atomic mass is 19.1. The number of likely N-dealkylation sites (tertiary alicyclic amines) is 1. The summed E-state index contributed by atoms with van der Waals surface area (Å²) < 4.78 is 33.8. The average Bonchev–Trinajstić information content (AvgIpc) is 3.22. The molecule has 36 heavy (non-hydrogen) atoms. The van der Waals surface area contributed by atoms with E-state index in [4.69, 9.17) is 4.74 Å². The summed E-state index contributed by atoms with van der Waals surface area (Å²) in [6, 6.07) is 11.9. The van der Waals surface area contributed by atoms with Crippen LogP contribution in [-0.2, 0) is 16.0 Å². The molecule has 0 aliphatic carbocycles. The molecule has 0 saturated carbocycles. The molecule has 7 nitrogen and oxygen atoms in total. The number of para-hydroxylation sites is 1. The van der Waals surface area contributed by atoms with E-state index in [0.717, 1.165) is 0 Å². The lowest BCUT2D eigenvalue weighted by atomic mass is 10.0. The molecular weight excluding hydrogens is 466 g/mol. The van der Waals surface area contributed by atoms with Crippen molar-refractivity contribution in [2.24, 2.45) is 0 Å². The third-order valence-corrected chi connectivity index (χ3v) is 6.11. The maximum Gasteiger partial charge on any atom is 0.407 e. The van der Waals surface area contributed by atoms with E-state index in [1.807, 2.05) is 7.05 Å². The summed E-state index contributed by atoms with van der Waals surface area (Å²) in [7, 11) is 1.84. The minimum atomic E-state index is -0.713. The topological polar surface area (TPSA) is 82.7 Å². The first-order valence-corrected chi connectivity index (χ1v) is 12.2. The molecule has 3 atom stereocenters. The van der Waals surface area contributed by atoms with Crippen molar-refractivity contribution in [3.8, 4) is 0 Å². The highest BCUT2D eigenvalue weighted by Gasteiger charge is 2.35. The lowest BCUT2D eigenvalue weighted by Crippen LogP contribution is -2.46. The zero-order valence-electron chi connectivity index (χ0n) is 21.3. The van der Waals surface area contributed by atoms with Gasteiger partial charge in [-0.15, -0.1) is 0 Å². The van der Waals surface area contributed by atoms with Crippen LogP contribution in [-0.4, -0.2) is 60.8 Å². The highest BCUT2D eigenvalue weighted by molar-refractivity contribution is 5.79.